The number of carbonyl (C=O) groups excluding carboxylic acids is 1. The first-order valence-corrected chi connectivity index (χ1v) is 13.5. The number of sulfonamides is 1. The van der Waals surface area contributed by atoms with Gasteiger partial charge in [0.05, 0.1) is 28.3 Å². The summed E-state index contributed by atoms with van der Waals surface area (Å²) in [7, 11) is -4.45. The second-order valence-corrected chi connectivity index (χ2v) is 11.9. The largest absolute Gasteiger partial charge is 0.424 e. The van der Waals surface area contributed by atoms with Crippen LogP contribution in [0.1, 0.15) is 30.9 Å². The Balaban J connectivity index is 1.73. The number of hydrogen-bond acceptors (Lipinski definition) is 6. The number of alkyl halides is 4. The summed E-state index contributed by atoms with van der Waals surface area (Å²) in [6, 6.07) is 5.04. The summed E-state index contributed by atoms with van der Waals surface area (Å²) < 4.78 is 95.7. The minimum atomic E-state index is -5.33. The van der Waals surface area contributed by atoms with Crippen molar-refractivity contribution in [2.24, 2.45) is 0 Å². The summed E-state index contributed by atoms with van der Waals surface area (Å²) >= 11 is 0. The highest BCUT2D eigenvalue weighted by Crippen LogP contribution is 2.43. The quantitative estimate of drug-likeness (QED) is 0.375. The fourth-order valence-electron chi connectivity index (χ4n) is 4.93. The van der Waals surface area contributed by atoms with Crippen molar-refractivity contribution in [1.29, 1.82) is 0 Å². The van der Waals surface area contributed by atoms with Gasteiger partial charge in [0, 0.05) is 19.5 Å². The van der Waals surface area contributed by atoms with Gasteiger partial charge in [-0.05, 0) is 61.2 Å². The normalized spacial score (nSPS) is 25.2. The van der Waals surface area contributed by atoms with E-state index in [2.05, 4.69) is 10.6 Å². The Morgan fingerprint density at radius 3 is 2.44 bits per heavy atom. The molecule has 8 nitrogen and oxygen atoms in total. The number of aliphatic hydroxyl groups is 2. The molecule has 0 spiro atoms. The van der Waals surface area contributed by atoms with E-state index in [-0.39, 0.29) is 42.0 Å². The molecule has 1 fully saturated rings. The van der Waals surface area contributed by atoms with E-state index in [9.17, 15) is 45.4 Å². The van der Waals surface area contributed by atoms with Gasteiger partial charge in [0.1, 0.15) is 12.5 Å². The van der Waals surface area contributed by atoms with Crippen molar-refractivity contribution < 1.29 is 45.4 Å². The topological polar surface area (TPSA) is 119 Å². The number of benzene rings is 2. The van der Waals surface area contributed by atoms with Crippen molar-refractivity contribution in [3.8, 4) is 0 Å². The number of amides is 1. The summed E-state index contributed by atoms with van der Waals surface area (Å²) in [5.41, 5.74) is -5.76. The predicted octanol–water partition coefficient (Wildman–Crippen LogP) is 2.28. The molecule has 1 amide bonds. The highest BCUT2D eigenvalue weighted by molar-refractivity contribution is 7.92. The monoisotopic (exact) mass is 577 g/mol. The molecule has 14 heteroatoms. The number of halogens is 5. The molecule has 0 bridgehead atoms. The lowest BCUT2D eigenvalue weighted by Gasteiger charge is -2.39. The van der Waals surface area contributed by atoms with Crippen molar-refractivity contribution >= 4 is 21.6 Å². The van der Waals surface area contributed by atoms with Crippen molar-refractivity contribution in [2.75, 3.05) is 24.1 Å². The number of fused-ring (bicyclic) bond motifs is 1. The number of hydrogen-bond donors (Lipinski definition) is 4. The Labute approximate surface area is 221 Å². The Morgan fingerprint density at radius 2 is 1.87 bits per heavy atom. The van der Waals surface area contributed by atoms with Gasteiger partial charge in [-0.1, -0.05) is 12.1 Å². The minimum Gasteiger partial charge on any atom is -0.387 e. The zero-order valence-corrected chi connectivity index (χ0v) is 21.6. The summed E-state index contributed by atoms with van der Waals surface area (Å²) in [6.07, 6.45) is -5.64. The molecular formula is C25H28F5N3O5S. The van der Waals surface area contributed by atoms with Crippen LogP contribution in [0.2, 0.25) is 0 Å². The Morgan fingerprint density at radius 1 is 1.21 bits per heavy atom. The van der Waals surface area contributed by atoms with Crippen LogP contribution in [0.25, 0.3) is 0 Å². The number of anilines is 1. The molecule has 4 atom stereocenters. The fraction of sp³-hybridized carbons (Fsp3) is 0.480. The number of β-amino-alcohol motifs (C(OH)–C–C–N with tert-alkyl or cyclic N) is 1. The van der Waals surface area contributed by atoms with Crippen molar-refractivity contribution in [1.82, 2.24) is 10.6 Å². The average Bonchev–Trinajstić information content (AvgIpc) is 3.19. The number of carbonyl (C=O) groups is 1. The van der Waals surface area contributed by atoms with Crippen LogP contribution in [0.4, 0.5) is 27.6 Å². The standard InChI is InChI=1S/C25H28F5N3O5S/c1-23(35)14-31-12-21(23)32-22(34)11-18-6-2-15-10-16(24(36,13-26)25(28,29)30)3-9-20(15)33(18)39(37,38)19-7-4-17(27)5-8-19/h3-5,7-10,18,21,31,35-36H,2,6,11-14H2,1H3,(H,32,34)/t18-,21+,23+,24?/m0/s1. The van der Waals surface area contributed by atoms with Crippen LogP contribution in [0.15, 0.2) is 47.4 Å². The summed E-state index contributed by atoms with van der Waals surface area (Å²) in [4.78, 5) is 12.6. The lowest BCUT2D eigenvalue weighted by Crippen LogP contribution is -2.52. The third kappa shape index (κ3) is 5.47. The molecule has 4 rings (SSSR count). The zero-order chi connectivity index (χ0) is 28.8. The van der Waals surface area contributed by atoms with Gasteiger partial charge >= 0.3 is 6.18 Å². The number of rotatable bonds is 7. The molecule has 2 aliphatic heterocycles. The molecule has 2 heterocycles. The number of nitrogens with one attached hydrogen (secondary N) is 2. The predicted molar refractivity (Wildman–Crippen MR) is 131 cm³/mol. The molecule has 0 saturated carbocycles. The van der Waals surface area contributed by atoms with E-state index in [0.717, 1.165) is 46.8 Å². The average molecular weight is 578 g/mol. The maximum absolute atomic E-state index is 13.7. The van der Waals surface area contributed by atoms with Gasteiger partial charge in [-0.2, -0.15) is 13.2 Å². The first kappa shape index (κ1) is 29.2. The molecular weight excluding hydrogens is 549 g/mol. The lowest BCUT2D eigenvalue weighted by molar-refractivity contribution is -0.271. The van der Waals surface area contributed by atoms with Gasteiger partial charge in [0.15, 0.2) is 0 Å². The first-order valence-electron chi connectivity index (χ1n) is 12.1. The third-order valence-electron chi connectivity index (χ3n) is 7.24. The van der Waals surface area contributed by atoms with Gasteiger partial charge in [-0.15, -0.1) is 0 Å². The minimum absolute atomic E-state index is 0.00365. The second-order valence-electron chi connectivity index (χ2n) is 10.1. The van der Waals surface area contributed by atoms with Crippen LogP contribution in [0.3, 0.4) is 0 Å². The molecule has 1 unspecified atom stereocenters. The van der Waals surface area contributed by atoms with Gasteiger partial charge in [0.2, 0.25) is 11.5 Å². The molecule has 214 valence electrons. The van der Waals surface area contributed by atoms with E-state index in [0.29, 0.717) is 6.54 Å². The van der Waals surface area contributed by atoms with E-state index < -0.39 is 63.4 Å². The summed E-state index contributed by atoms with van der Waals surface area (Å²) in [6.45, 7) is -0.0681. The summed E-state index contributed by atoms with van der Waals surface area (Å²) in [5.74, 6) is -1.25. The van der Waals surface area contributed by atoms with Crippen molar-refractivity contribution in [2.45, 2.75) is 60.5 Å². The third-order valence-corrected chi connectivity index (χ3v) is 9.12. The molecule has 0 aromatic heterocycles. The molecule has 2 aliphatic rings. The first-order chi connectivity index (χ1) is 18.1. The van der Waals surface area contributed by atoms with E-state index in [4.69, 9.17) is 0 Å². The molecule has 4 N–H and O–H groups in total. The highest BCUT2D eigenvalue weighted by Gasteiger charge is 2.55. The Bertz CT molecular complexity index is 1340. The Kier molecular flexibility index (Phi) is 7.71. The van der Waals surface area contributed by atoms with Crippen LogP contribution in [-0.4, -0.2) is 68.2 Å². The number of nitrogens with zero attached hydrogens (tertiary/aromatic N) is 1. The molecule has 1 saturated heterocycles. The fourth-order valence-corrected chi connectivity index (χ4v) is 6.64. The molecule has 0 aliphatic carbocycles. The van der Waals surface area contributed by atoms with Crippen molar-refractivity contribution in [3.63, 3.8) is 0 Å². The van der Waals surface area contributed by atoms with Crippen LogP contribution < -0.4 is 14.9 Å². The van der Waals surface area contributed by atoms with Gasteiger partial charge in [0.25, 0.3) is 10.0 Å². The van der Waals surface area contributed by atoms with Crippen LogP contribution >= 0.6 is 0 Å². The maximum Gasteiger partial charge on any atom is 0.424 e. The smallest absolute Gasteiger partial charge is 0.387 e. The second kappa shape index (κ2) is 10.3. The van der Waals surface area contributed by atoms with E-state index in [1.807, 2.05) is 0 Å². The molecule has 0 radical (unpaired) electrons. The molecule has 2 aromatic rings. The summed E-state index contributed by atoms with van der Waals surface area (Å²) in [5, 5.41) is 26.1. The number of aryl methyl sites for hydroxylation is 1. The SMILES string of the molecule is C[C@@]1(O)CNC[C@H]1NC(=O)C[C@@H]1CCc2cc(C(O)(CF)C(F)(F)F)ccc2N1S(=O)(=O)c1ccc(F)cc1. The van der Waals surface area contributed by atoms with E-state index in [1.54, 1.807) is 0 Å². The van der Waals surface area contributed by atoms with E-state index >= 15 is 0 Å². The highest BCUT2D eigenvalue weighted by atomic mass is 32.2. The Hall–Kier alpha value is -2.81. The lowest BCUT2D eigenvalue weighted by atomic mass is 9.88. The van der Waals surface area contributed by atoms with E-state index in [1.165, 1.54) is 6.92 Å². The molecule has 2 aromatic carbocycles. The van der Waals surface area contributed by atoms with Gasteiger partial charge < -0.3 is 20.8 Å². The zero-order valence-electron chi connectivity index (χ0n) is 20.8. The van der Waals surface area contributed by atoms with Crippen LogP contribution in [-0.2, 0) is 26.8 Å². The van der Waals surface area contributed by atoms with Crippen LogP contribution in [0, 0.1) is 5.82 Å². The molecule has 39 heavy (non-hydrogen) atoms. The maximum atomic E-state index is 13.7. The van der Waals surface area contributed by atoms with Gasteiger partial charge in [-0.25, -0.2) is 17.2 Å². The van der Waals surface area contributed by atoms with Crippen molar-refractivity contribution in [3.05, 3.63) is 59.4 Å². The van der Waals surface area contributed by atoms with Crippen LogP contribution in [0.5, 0.6) is 0 Å². The van der Waals surface area contributed by atoms with Gasteiger partial charge in [-0.3, -0.25) is 9.10 Å².